The summed E-state index contributed by atoms with van der Waals surface area (Å²) >= 11 is 0. The van der Waals surface area contributed by atoms with Gasteiger partial charge in [-0.1, -0.05) is 42.5 Å². The van der Waals surface area contributed by atoms with Crippen molar-refractivity contribution >= 4 is 16.7 Å². The summed E-state index contributed by atoms with van der Waals surface area (Å²) in [5, 5.41) is 15.4. The maximum atomic E-state index is 12.5. The molecule has 0 spiro atoms. The topological polar surface area (TPSA) is 58.6 Å². The lowest BCUT2D eigenvalue weighted by Crippen LogP contribution is -2.37. The number of hydrogen-bond donors (Lipinski definition) is 2. The predicted octanol–water partition coefficient (Wildman–Crippen LogP) is 3.70. The van der Waals surface area contributed by atoms with E-state index in [1.54, 1.807) is 44.4 Å². The van der Waals surface area contributed by atoms with Crippen LogP contribution in [0, 0.1) is 0 Å². The van der Waals surface area contributed by atoms with Crippen LogP contribution < -0.4 is 10.1 Å². The van der Waals surface area contributed by atoms with Gasteiger partial charge >= 0.3 is 0 Å². The highest BCUT2D eigenvalue weighted by molar-refractivity contribution is 5.98. The smallest absolute Gasteiger partial charge is 0.251 e. The van der Waals surface area contributed by atoms with Gasteiger partial charge in [-0.15, -0.1) is 0 Å². The molecular weight excluding hydrogens is 314 g/mol. The fourth-order valence-corrected chi connectivity index (χ4v) is 2.79. The van der Waals surface area contributed by atoms with Crippen LogP contribution in [0.2, 0.25) is 0 Å². The number of ether oxygens (including phenoxy) is 1. The molecule has 3 rings (SSSR count). The van der Waals surface area contributed by atoms with Crippen LogP contribution in [0.25, 0.3) is 10.8 Å². The number of rotatable bonds is 5. The number of carbonyl (C=O) groups is 1. The third-order valence-corrected chi connectivity index (χ3v) is 4.30. The van der Waals surface area contributed by atoms with E-state index in [-0.39, 0.29) is 5.91 Å². The van der Waals surface area contributed by atoms with E-state index < -0.39 is 12.1 Å². The molecule has 0 aromatic heterocycles. The molecule has 0 heterocycles. The van der Waals surface area contributed by atoms with Crippen molar-refractivity contribution in [1.29, 1.82) is 0 Å². The van der Waals surface area contributed by atoms with Gasteiger partial charge in [0, 0.05) is 5.56 Å². The van der Waals surface area contributed by atoms with Gasteiger partial charge in [0.15, 0.2) is 0 Å². The lowest BCUT2D eigenvalue weighted by Gasteiger charge is -2.21. The SMILES string of the molecule is COc1ccc(C(O)C(C)NC(=O)c2ccc3ccccc3c2)cc1. The molecule has 3 aromatic carbocycles. The van der Waals surface area contributed by atoms with Crippen LogP contribution in [0.3, 0.4) is 0 Å². The largest absolute Gasteiger partial charge is 0.497 e. The van der Waals surface area contributed by atoms with Crippen molar-refractivity contribution in [3.05, 3.63) is 77.9 Å². The Hall–Kier alpha value is -2.85. The lowest BCUT2D eigenvalue weighted by atomic mass is 10.0. The van der Waals surface area contributed by atoms with Crippen LogP contribution in [0.15, 0.2) is 66.7 Å². The van der Waals surface area contributed by atoms with E-state index in [0.717, 1.165) is 22.1 Å². The van der Waals surface area contributed by atoms with Crippen LogP contribution in [0.4, 0.5) is 0 Å². The molecule has 0 aliphatic rings. The minimum absolute atomic E-state index is 0.203. The van der Waals surface area contributed by atoms with Gasteiger partial charge < -0.3 is 15.2 Å². The number of fused-ring (bicyclic) bond motifs is 1. The number of carbonyl (C=O) groups excluding carboxylic acids is 1. The third-order valence-electron chi connectivity index (χ3n) is 4.30. The zero-order valence-corrected chi connectivity index (χ0v) is 14.3. The molecule has 1 amide bonds. The number of aliphatic hydroxyl groups is 1. The van der Waals surface area contributed by atoms with E-state index in [0.29, 0.717) is 5.56 Å². The third kappa shape index (κ3) is 3.80. The van der Waals surface area contributed by atoms with Crippen LogP contribution in [0.5, 0.6) is 5.75 Å². The first-order valence-electron chi connectivity index (χ1n) is 8.20. The van der Waals surface area contributed by atoms with E-state index >= 15 is 0 Å². The van der Waals surface area contributed by atoms with Crippen molar-refractivity contribution < 1.29 is 14.6 Å². The molecule has 3 aromatic rings. The summed E-state index contributed by atoms with van der Waals surface area (Å²) in [6.45, 7) is 1.79. The number of methoxy groups -OCH3 is 1. The molecule has 0 saturated heterocycles. The maximum Gasteiger partial charge on any atom is 0.251 e. The van der Waals surface area contributed by atoms with Gasteiger partial charge in [-0.05, 0) is 47.5 Å². The Morgan fingerprint density at radius 1 is 1.00 bits per heavy atom. The van der Waals surface area contributed by atoms with Crippen LogP contribution in [-0.4, -0.2) is 24.2 Å². The number of hydrogen-bond acceptors (Lipinski definition) is 3. The predicted molar refractivity (Wildman–Crippen MR) is 98.8 cm³/mol. The van der Waals surface area contributed by atoms with E-state index in [1.165, 1.54) is 0 Å². The molecule has 128 valence electrons. The lowest BCUT2D eigenvalue weighted by molar-refractivity contribution is 0.0852. The normalized spacial score (nSPS) is 13.2. The van der Waals surface area contributed by atoms with Crippen molar-refractivity contribution in [1.82, 2.24) is 5.32 Å². The Morgan fingerprint density at radius 3 is 2.36 bits per heavy atom. The summed E-state index contributed by atoms with van der Waals surface area (Å²) in [7, 11) is 1.60. The van der Waals surface area contributed by atoms with Gasteiger partial charge in [0.1, 0.15) is 5.75 Å². The first-order chi connectivity index (χ1) is 12.1. The van der Waals surface area contributed by atoms with Crippen molar-refractivity contribution in [2.24, 2.45) is 0 Å². The Morgan fingerprint density at radius 2 is 1.68 bits per heavy atom. The molecule has 0 bridgehead atoms. The van der Waals surface area contributed by atoms with Gasteiger partial charge in [0.25, 0.3) is 5.91 Å². The Balaban J connectivity index is 1.71. The van der Waals surface area contributed by atoms with E-state index in [9.17, 15) is 9.90 Å². The van der Waals surface area contributed by atoms with E-state index in [2.05, 4.69) is 5.32 Å². The first kappa shape index (κ1) is 17.0. The van der Waals surface area contributed by atoms with Crippen LogP contribution in [0.1, 0.15) is 28.9 Å². The number of aliphatic hydroxyl groups excluding tert-OH is 1. The summed E-state index contributed by atoms with van der Waals surface area (Å²) in [6.07, 6.45) is -0.796. The van der Waals surface area contributed by atoms with Crippen molar-refractivity contribution in [3.63, 3.8) is 0 Å². The molecule has 2 unspecified atom stereocenters. The monoisotopic (exact) mass is 335 g/mol. The summed E-state index contributed by atoms with van der Waals surface area (Å²) < 4.78 is 5.12. The average Bonchev–Trinajstić information content (AvgIpc) is 2.67. The average molecular weight is 335 g/mol. The molecule has 0 aliphatic carbocycles. The molecule has 0 aliphatic heterocycles. The first-order valence-corrected chi connectivity index (χ1v) is 8.20. The highest BCUT2D eigenvalue weighted by atomic mass is 16.5. The maximum absolute atomic E-state index is 12.5. The molecule has 4 heteroatoms. The van der Waals surface area contributed by atoms with Crippen molar-refractivity contribution in [3.8, 4) is 5.75 Å². The Labute approximate surface area is 147 Å². The Kier molecular flexibility index (Phi) is 5.00. The van der Waals surface area contributed by atoms with Gasteiger partial charge in [-0.3, -0.25) is 4.79 Å². The minimum atomic E-state index is -0.796. The summed E-state index contributed by atoms with van der Waals surface area (Å²) in [5.41, 5.74) is 1.31. The van der Waals surface area contributed by atoms with Gasteiger partial charge in [-0.25, -0.2) is 0 Å². The fourth-order valence-electron chi connectivity index (χ4n) is 2.79. The molecule has 25 heavy (non-hydrogen) atoms. The molecule has 0 radical (unpaired) electrons. The quantitative estimate of drug-likeness (QED) is 0.747. The Bertz CT molecular complexity index is 874. The number of amides is 1. The second-order valence-electron chi connectivity index (χ2n) is 6.04. The highest BCUT2D eigenvalue weighted by Crippen LogP contribution is 2.21. The minimum Gasteiger partial charge on any atom is -0.497 e. The summed E-state index contributed by atoms with van der Waals surface area (Å²) in [4.78, 5) is 12.5. The molecule has 0 fully saturated rings. The second kappa shape index (κ2) is 7.36. The van der Waals surface area contributed by atoms with E-state index in [4.69, 9.17) is 4.74 Å². The second-order valence-corrected chi connectivity index (χ2v) is 6.04. The standard InChI is InChI=1S/C21H21NO3/c1-14(20(23)16-9-11-19(25-2)12-10-16)22-21(24)18-8-7-15-5-3-4-6-17(15)13-18/h3-14,20,23H,1-2H3,(H,22,24). The molecular formula is C21H21NO3. The van der Waals surface area contributed by atoms with Gasteiger partial charge in [0.2, 0.25) is 0 Å². The molecule has 2 atom stereocenters. The van der Waals surface area contributed by atoms with Gasteiger partial charge in [-0.2, -0.15) is 0 Å². The van der Waals surface area contributed by atoms with E-state index in [1.807, 2.05) is 36.4 Å². The molecule has 0 saturated carbocycles. The zero-order valence-electron chi connectivity index (χ0n) is 14.3. The highest BCUT2D eigenvalue weighted by Gasteiger charge is 2.19. The van der Waals surface area contributed by atoms with Crippen LogP contribution in [-0.2, 0) is 0 Å². The zero-order chi connectivity index (χ0) is 17.8. The molecule has 4 nitrogen and oxygen atoms in total. The number of nitrogens with one attached hydrogen (secondary N) is 1. The number of benzene rings is 3. The molecule has 2 N–H and O–H groups in total. The fraction of sp³-hybridized carbons (Fsp3) is 0.190. The summed E-state index contributed by atoms with van der Waals surface area (Å²) in [5.74, 6) is 0.523. The summed E-state index contributed by atoms with van der Waals surface area (Å²) in [6, 6.07) is 20.2. The van der Waals surface area contributed by atoms with Crippen LogP contribution >= 0.6 is 0 Å². The van der Waals surface area contributed by atoms with Crippen molar-refractivity contribution in [2.45, 2.75) is 19.1 Å². The van der Waals surface area contributed by atoms with Crippen molar-refractivity contribution in [2.75, 3.05) is 7.11 Å². The van der Waals surface area contributed by atoms with Gasteiger partial charge in [0.05, 0.1) is 19.3 Å².